The fourth-order valence-corrected chi connectivity index (χ4v) is 1.33. The molecule has 2 heterocycles. The van der Waals surface area contributed by atoms with E-state index in [4.69, 9.17) is 4.74 Å². The van der Waals surface area contributed by atoms with Gasteiger partial charge in [0.1, 0.15) is 0 Å². The van der Waals surface area contributed by atoms with Crippen LogP contribution in [0.1, 0.15) is 0 Å². The lowest BCUT2D eigenvalue weighted by Crippen LogP contribution is -2.41. The van der Waals surface area contributed by atoms with E-state index in [0.717, 1.165) is 17.1 Å². The van der Waals surface area contributed by atoms with Crippen LogP contribution in [0.4, 0.5) is 0 Å². The van der Waals surface area contributed by atoms with Gasteiger partial charge in [-0.05, 0) is 17.7 Å². The molecule has 0 amide bonds. The Kier molecular flexibility index (Phi) is 1.70. The van der Waals surface area contributed by atoms with Crippen molar-refractivity contribution in [3.05, 3.63) is 36.6 Å². The minimum Gasteiger partial charge on any atom is -0.343 e. The summed E-state index contributed by atoms with van der Waals surface area (Å²) < 4.78 is 5.16. The van der Waals surface area contributed by atoms with Gasteiger partial charge in [0.25, 0.3) is 0 Å². The molecule has 13 heavy (non-hydrogen) atoms. The topological polar surface area (TPSA) is 36.9 Å². The molecule has 1 atom stereocenters. The van der Waals surface area contributed by atoms with Crippen molar-refractivity contribution in [3.8, 4) is 0 Å². The van der Waals surface area contributed by atoms with Crippen LogP contribution in [-0.4, -0.2) is 24.2 Å². The van der Waals surface area contributed by atoms with Gasteiger partial charge in [0.15, 0.2) is 5.84 Å². The van der Waals surface area contributed by atoms with E-state index >= 15 is 0 Å². The van der Waals surface area contributed by atoms with Crippen LogP contribution < -0.4 is 5.43 Å². The van der Waals surface area contributed by atoms with Crippen molar-refractivity contribution in [2.45, 2.75) is 6.35 Å². The van der Waals surface area contributed by atoms with Crippen LogP contribution in [0.3, 0.4) is 0 Å². The van der Waals surface area contributed by atoms with Crippen LogP contribution >= 0.6 is 0 Å². The number of hydrogen-bond donors (Lipinski definition) is 1. The maximum atomic E-state index is 5.16. The number of ether oxygens (including phenoxy) is 1. The molecule has 2 aliphatic heterocycles. The largest absolute Gasteiger partial charge is 0.343 e. The second kappa shape index (κ2) is 2.74. The molecule has 0 bridgehead atoms. The van der Waals surface area contributed by atoms with Crippen molar-refractivity contribution in [1.29, 1.82) is 0 Å². The Balaban J connectivity index is 2.35. The summed E-state index contributed by atoms with van der Waals surface area (Å²) in [4.78, 5) is 1.86. The third-order valence-electron chi connectivity index (χ3n) is 2.09. The van der Waals surface area contributed by atoms with E-state index in [1.807, 2.05) is 17.1 Å². The van der Waals surface area contributed by atoms with Crippen molar-refractivity contribution in [3.63, 3.8) is 0 Å². The van der Waals surface area contributed by atoms with E-state index in [9.17, 15) is 0 Å². The number of allylic oxidation sites excluding steroid dienone is 1. The molecule has 0 radical (unpaired) electrons. The molecule has 1 N–H and O–H groups in total. The first-order valence-electron chi connectivity index (χ1n) is 3.95. The highest BCUT2D eigenvalue weighted by atomic mass is 16.5. The maximum absolute atomic E-state index is 5.16. The Morgan fingerprint density at radius 3 is 3.00 bits per heavy atom. The average molecular weight is 177 g/mol. The molecule has 0 saturated heterocycles. The van der Waals surface area contributed by atoms with Gasteiger partial charge in [-0.15, -0.1) is 0 Å². The van der Waals surface area contributed by atoms with Gasteiger partial charge in [-0.2, -0.15) is 5.10 Å². The molecule has 4 heteroatoms. The second-order valence-electron chi connectivity index (χ2n) is 2.86. The minimum atomic E-state index is -0.260. The Morgan fingerprint density at radius 2 is 2.31 bits per heavy atom. The van der Waals surface area contributed by atoms with Crippen LogP contribution in [0.5, 0.6) is 0 Å². The number of nitrogens with zero attached hydrogens (tertiary/aromatic N) is 2. The first kappa shape index (κ1) is 8.07. The molecule has 2 rings (SSSR count). The predicted octanol–water partition coefficient (Wildman–Crippen LogP) is 0.775. The molecular weight excluding hydrogens is 166 g/mol. The van der Waals surface area contributed by atoms with Gasteiger partial charge < -0.3 is 4.74 Å². The number of amidine groups is 1. The normalized spacial score (nSPS) is 25.8. The molecule has 1 unspecified atom stereocenters. The van der Waals surface area contributed by atoms with Crippen LogP contribution in [0.2, 0.25) is 0 Å². The number of rotatable bonds is 1. The molecule has 0 aromatic heterocycles. The smallest absolute Gasteiger partial charge is 0.228 e. The summed E-state index contributed by atoms with van der Waals surface area (Å²) in [6.45, 7) is 7.77. The number of hydrazone groups is 1. The highest BCUT2D eigenvalue weighted by Crippen LogP contribution is 2.24. The minimum absolute atomic E-state index is 0.260. The molecule has 0 fully saturated rings. The molecule has 2 aliphatic rings. The Hall–Kier alpha value is -1.55. The Labute approximate surface area is 76.9 Å². The number of hydrogen-bond acceptors (Lipinski definition) is 4. The summed E-state index contributed by atoms with van der Waals surface area (Å²) in [5.74, 6) is 0.809. The maximum Gasteiger partial charge on any atom is 0.228 e. The summed E-state index contributed by atoms with van der Waals surface area (Å²) in [6.07, 6.45) is 3.50. The summed E-state index contributed by atoms with van der Waals surface area (Å²) in [5, 5.41) is 4.07. The molecule has 0 aromatic rings. The average Bonchev–Trinajstić information content (AvgIpc) is 2.55. The van der Waals surface area contributed by atoms with Gasteiger partial charge >= 0.3 is 0 Å². The number of methoxy groups -OCH3 is 1. The van der Waals surface area contributed by atoms with Gasteiger partial charge in [-0.1, -0.05) is 13.2 Å². The zero-order chi connectivity index (χ0) is 9.42. The monoisotopic (exact) mass is 177 g/mol. The molecule has 0 spiro atoms. The first-order valence-corrected chi connectivity index (χ1v) is 3.95. The molecule has 4 nitrogen and oxygen atoms in total. The predicted molar refractivity (Wildman–Crippen MR) is 50.6 cm³/mol. The zero-order valence-electron chi connectivity index (χ0n) is 7.45. The lowest BCUT2D eigenvalue weighted by atomic mass is 10.1. The molecule has 68 valence electrons. The lowest BCUT2D eigenvalue weighted by molar-refractivity contribution is 0.0127. The van der Waals surface area contributed by atoms with E-state index in [2.05, 4.69) is 23.7 Å². The van der Waals surface area contributed by atoms with Gasteiger partial charge in [0, 0.05) is 12.8 Å². The standard InChI is InChI=1S/C9H11N3O/c1-6-4-5-8-10-11-9(13-3)12(8)7(6)2/h4-5,9,11H,1-2H2,3H3. The van der Waals surface area contributed by atoms with Crippen molar-refractivity contribution >= 4 is 5.84 Å². The first-order chi connectivity index (χ1) is 6.24. The molecule has 0 aliphatic carbocycles. The van der Waals surface area contributed by atoms with Crippen molar-refractivity contribution in [2.75, 3.05) is 7.11 Å². The SMILES string of the molecule is C=C1C=CC2=NNC(OC)N2C1=C. The van der Waals surface area contributed by atoms with Crippen molar-refractivity contribution in [2.24, 2.45) is 5.10 Å². The summed E-state index contributed by atoms with van der Waals surface area (Å²) >= 11 is 0. The van der Waals surface area contributed by atoms with Gasteiger partial charge in [0.05, 0.1) is 0 Å². The van der Waals surface area contributed by atoms with Gasteiger partial charge in [-0.3, -0.25) is 10.3 Å². The van der Waals surface area contributed by atoms with E-state index in [1.54, 1.807) is 7.11 Å². The van der Waals surface area contributed by atoms with E-state index in [0.29, 0.717) is 0 Å². The lowest BCUT2D eigenvalue weighted by Gasteiger charge is -2.29. The van der Waals surface area contributed by atoms with Crippen molar-refractivity contribution in [1.82, 2.24) is 10.3 Å². The third-order valence-corrected chi connectivity index (χ3v) is 2.09. The fraction of sp³-hybridized carbons (Fsp3) is 0.222. The van der Waals surface area contributed by atoms with Crippen LogP contribution in [0.25, 0.3) is 0 Å². The number of fused-ring (bicyclic) bond motifs is 1. The van der Waals surface area contributed by atoms with Crippen LogP contribution in [-0.2, 0) is 4.74 Å². The Bertz CT molecular complexity index is 330. The number of nitrogens with one attached hydrogen (secondary N) is 1. The molecular formula is C9H11N3O. The fourth-order valence-electron chi connectivity index (χ4n) is 1.33. The van der Waals surface area contributed by atoms with Crippen molar-refractivity contribution < 1.29 is 4.74 Å². The molecule has 0 saturated carbocycles. The second-order valence-corrected chi connectivity index (χ2v) is 2.86. The van der Waals surface area contributed by atoms with Crippen LogP contribution in [0.15, 0.2) is 41.7 Å². The van der Waals surface area contributed by atoms with Crippen LogP contribution in [0, 0.1) is 0 Å². The summed E-state index contributed by atoms with van der Waals surface area (Å²) in [6, 6.07) is 0. The summed E-state index contributed by atoms with van der Waals surface area (Å²) in [7, 11) is 1.62. The third kappa shape index (κ3) is 1.07. The highest BCUT2D eigenvalue weighted by molar-refractivity contribution is 5.97. The van der Waals surface area contributed by atoms with Gasteiger partial charge in [-0.25, -0.2) is 0 Å². The van der Waals surface area contributed by atoms with E-state index in [-0.39, 0.29) is 6.35 Å². The summed E-state index contributed by atoms with van der Waals surface area (Å²) in [5.41, 5.74) is 4.53. The zero-order valence-corrected chi connectivity index (χ0v) is 7.45. The molecule has 0 aromatic carbocycles. The van der Waals surface area contributed by atoms with Gasteiger partial charge in [0.2, 0.25) is 6.35 Å². The van der Waals surface area contributed by atoms with E-state index < -0.39 is 0 Å². The highest BCUT2D eigenvalue weighted by Gasteiger charge is 2.30. The van der Waals surface area contributed by atoms with E-state index in [1.165, 1.54) is 0 Å². The quantitative estimate of drug-likeness (QED) is 0.643. The Morgan fingerprint density at radius 1 is 1.54 bits per heavy atom.